The van der Waals surface area contributed by atoms with Crippen LogP contribution < -0.4 is 4.74 Å². The van der Waals surface area contributed by atoms with E-state index in [-0.39, 0.29) is 12.4 Å². The molecule has 2 N–H and O–H groups in total. The number of aliphatic hydroxyl groups excluding tert-OH is 1. The van der Waals surface area contributed by atoms with E-state index in [1.54, 1.807) is 6.07 Å². The fourth-order valence-electron chi connectivity index (χ4n) is 2.79. The van der Waals surface area contributed by atoms with E-state index in [1.807, 2.05) is 32.9 Å². The number of methoxy groups -OCH3 is 1. The quantitative estimate of drug-likeness (QED) is 0.617. The van der Waals surface area contributed by atoms with Crippen molar-refractivity contribution in [1.29, 1.82) is 0 Å². The van der Waals surface area contributed by atoms with Crippen molar-refractivity contribution in [2.24, 2.45) is 0 Å². The summed E-state index contributed by atoms with van der Waals surface area (Å²) in [5.41, 5.74) is 3.55. The Balaban J connectivity index is 2.22. The van der Waals surface area contributed by atoms with Crippen LogP contribution in [0.4, 0.5) is 0 Å². The average molecular weight is 332 g/mol. The molecule has 0 bridgehead atoms. The smallest absolute Gasteiger partial charge is 0.339 e. The molecule has 24 heavy (non-hydrogen) atoms. The number of aromatic hydroxyl groups is 1. The topological polar surface area (TPSA) is 76.0 Å². The van der Waals surface area contributed by atoms with Gasteiger partial charge in [-0.25, -0.2) is 4.79 Å². The van der Waals surface area contributed by atoms with Crippen molar-refractivity contribution < 1.29 is 24.5 Å². The van der Waals surface area contributed by atoms with Crippen molar-refractivity contribution in [3.05, 3.63) is 46.1 Å². The summed E-state index contributed by atoms with van der Waals surface area (Å²) in [6, 6.07) is 1.61. The second-order valence-corrected chi connectivity index (χ2v) is 6.28. The van der Waals surface area contributed by atoms with Crippen LogP contribution >= 0.6 is 0 Å². The first-order chi connectivity index (χ1) is 11.3. The normalized spacial score (nSPS) is 14.9. The zero-order chi connectivity index (χ0) is 17.9. The van der Waals surface area contributed by atoms with Gasteiger partial charge in [-0.15, -0.1) is 0 Å². The Labute approximate surface area is 142 Å². The molecule has 1 aromatic rings. The van der Waals surface area contributed by atoms with Crippen molar-refractivity contribution >= 4 is 5.97 Å². The van der Waals surface area contributed by atoms with Crippen LogP contribution in [0.15, 0.2) is 29.4 Å². The number of benzene rings is 1. The summed E-state index contributed by atoms with van der Waals surface area (Å²) >= 11 is 0. The predicted octanol–water partition coefficient (Wildman–Crippen LogP) is 3.28. The van der Waals surface area contributed by atoms with Crippen LogP contribution in [-0.4, -0.2) is 29.4 Å². The number of fused-ring (bicyclic) bond motifs is 1. The maximum Gasteiger partial charge on any atom is 0.339 e. The maximum atomic E-state index is 11.6. The number of aliphatic hydroxyl groups is 1. The Kier molecular flexibility index (Phi) is 5.67. The molecule has 1 aliphatic heterocycles. The van der Waals surface area contributed by atoms with Gasteiger partial charge < -0.3 is 19.7 Å². The fourth-order valence-corrected chi connectivity index (χ4v) is 2.79. The van der Waals surface area contributed by atoms with Gasteiger partial charge in [-0.05, 0) is 39.7 Å². The summed E-state index contributed by atoms with van der Waals surface area (Å²) in [4.78, 5) is 11.6. The van der Waals surface area contributed by atoms with Crippen LogP contribution in [0.3, 0.4) is 0 Å². The molecule has 5 heteroatoms. The molecule has 0 aromatic heterocycles. The van der Waals surface area contributed by atoms with Gasteiger partial charge in [-0.3, -0.25) is 0 Å². The number of phenolic OH excluding ortho intramolecular Hbond substituents is 1. The first-order valence-electron chi connectivity index (χ1n) is 7.91. The zero-order valence-corrected chi connectivity index (χ0v) is 14.5. The third-order valence-electron chi connectivity index (χ3n) is 3.97. The molecule has 0 amide bonds. The first-order valence-corrected chi connectivity index (χ1v) is 7.91. The van der Waals surface area contributed by atoms with Crippen molar-refractivity contribution in [3.63, 3.8) is 0 Å². The summed E-state index contributed by atoms with van der Waals surface area (Å²) in [5.74, 6) is 0.0600. The molecule has 130 valence electrons. The lowest BCUT2D eigenvalue weighted by molar-refractivity contribution is 0.0534. The van der Waals surface area contributed by atoms with E-state index in [9.17, 15) is 15.0 Å². The number of cyclic esters (lactones) is 1. The second kappa shape index (κ2) is 7.53. The van der Waals surface area contributed by atoms with E-state index < -0.39 is 12.1 Å². The van der Waals surface area contributed by atoms with Gasteiger partial charge >= 0.3 is 5.97 Å². The highest BCUT2D eigenvalue weighted by molar-refractivity contribution is 5.95. The molecule has 0 saturated carbocycles. The van der Waals surface area contributed by atoms with Gasteiger partial charge in [0.1, 0.15) is 18.1 Å². The molecule has 2 rings (SSSR count). The molecule has 1 unspecified atom stereocenters. The van der Waals surface area contributed by atoms with E-state index in [0.717, 1.165) is 11.1 Å². The molecule has 1 aliphatic rings. The van der Waals surface area contributed by atoms with E-state index in [0.29, 0.717) is 35.3 Å². The molecule has 0 saturated heterocycles. The highest BCUT2D eigenvalue weighted by Gasteiger charge is 2.28. The second-order valence-electron chi connectivity index (χ2n) is 6.28. The van der Waals surface area contributed by atoms with Crippen molar-refractivity contribution in [3.8, 4) is 11.5 Å². The number of carbonyl (C=O) groups excluding carboxylic acids is 1. The van der Waals surface area contributed by atoms with Crippen LogP contribution in [-0.2, 0) is 17.8 Å². The molecule has 1 aromatic carbocycles. The number of carbonyl (C=O) groups is 1. The van der Waals surface area contributed by atoms with Gasteiger partial charge in [-0.1, -0.05) is 23.3 Å². The number of hydrogen-bond acceptors (Lipinski definition) is 5. The van der Waals surface area contributed by atoms with Crippen LogP contribution in [0.2, 0.25) is 0 Å². The molecule has 0 aliphatic carbocycles. The molecule has 1 heterocycles. The number of allylic oxidation sites excluding steroid dienone is 2. The maximum absolute atomic E-state index is 11.6. The Morgan fingerprint density at radius 3 is 2.75 bits per heavy atom. The lowest BCUT2D eigenvalue weighted by Gasteiger charge is -2.12. The van der Waals surface area contributed by atoms with E-state index in [2.05, 4.69) is 0 Å². The number of ether oxygens (including phenoxy) is 2. The van der Waals surface area contributed by atoms with Gasteiger partial charge in [0, 0.05) is 11.1 Å². The third-order valence-corrected chi connectivity index (χ3v) is 3.97. The van der Waals surface area contributed by atoms with Crippen molar-refractivity contribution in [2.45, 2.75) is 46.3 Å². The van der Waals surface area contributed by atoms with Crippen molar-refractivity contribution in [1.82, 2.24) is 0 Å². The van der Waals surface area contributed by atoms with E-state index >= 15 is 0 Å². The minimum atomic E-state index is -0.521. The van der Waals surface area contributed by atoms with Gasteiger partial charge in [0.05, 0.1) is 18.8 Å². The Morgan fingerprint density at radius 1 is 1.42 bits per heavy atom. The SMILES string of the molecule is COc1cc2c(c(O)c1CC=C(C)CC(O)C=C(C)C)COC2=O. The molecular weight excluding hydrogens is 308 g/mol. The molecule has 0 radical (unpaired) electrons. The number of hydrogen-bond donors (Lipinski definition) is 2. The number of esters is 1. The van der Waals surface area contributed by atoms with Crippen LogP contribution in [0, 0.1) is 0 Å². The highest BCUT2D eigenvalue weighted by Crippen LogP contribution is 2.38. The summed E-state index contributed by atoms with van der Waals surface area (Å²) in [6.07, 6.45) is 4.22. The van der Waals surface area contributed by atoms with Gasteiger partial charge in [0.15, 0.2) is 0 Å². The monoisotopic (exact) mass is 332 g/mol. The van der Waals surface area contributed by atoms with Crippen LogP contribution in [0.5, 0.6) is 11.5 Å². The first kappa shape index (κ1) is 18.1. The molecule has 0 spiro atoms. The van der Waals surface area contributed by atoms with E-state index in [1.165, 1.54) is 7.11 Å². The molecule has 1 atom stereocenters. The van der Waals surface area contributed by atoms with Gasteiger partial charge in [-0.2, -0.15) is 0 Å². The van der Waals surface area contributed by atoms with Crippen LogP contribution in [0.1, 0.15) is 48.7 Å². The predicted molar refractivity (Wildman–Crippen MR) is 91.3 cm³/mol. The summed E-state index contributed by atoms with van der Waals surface area (Å²) in [5, 5.41) is 20.4. The summed E-state index contributed by atoms with van der Waals surface area (Å²) < 4.78 is 10.3. The number of phenols is 1. The average Bonchev–Trinajstić information content (AvgIpc) is 2.86. The third kappa shape index (κ3) is 3.97. The summed E-state index contributed by atoms with van der Waals surface area (Å²) in [6.45, 7) is 5.91. The minimum absolute atomic E-state index is 0.0455. The highest BCUT2D eigenvalue weighted by atomic mass is 16.5. The summed E-state index contributed by atoms with van der Waals surface area (Å²) in [7, 11) is 1.50. The molecule has 0 fully saturated rings. The van der Waals surface area contributed by atoms with Crippen molar-refractivity contribution in [2.75, 3.05) is 7.11 Å². The number of rotatable bonds is 6. The minimum Gasteiger partial charge on any atom is -0.507 e. The standard InChI is InChI=1S/C19H24O5/c1-11(2)7-13(20)8-12(3)5-6-14-17(23-4)9-15-16(18(14)21)10-24-19(15)22/h5,7,9,13,20-21H,6,8,10H2,1-4H3. The molecular formula is C19H24O5. The molecule has 5 nitrogen and oxygen atoms in total. The van der Waals surface area contributed by atoms with Gasteiger partial charge in [0.2, 0.25) is 0 Å². The Morgan fingerprint density at radius 2 is 2.12 bits per heavy atom. The Hall–Kier alpha value is -2.27. The lowest BCUT2D eigenvalue weighted by atomic mass is 9.98. The Bertz CT molecular complexity index is 696. The largest absolute Gasteiger partial charge is 0.507 e. The van der Waals surface area contributed by atoms with E-state index in [4.69, 9.17) is 9.47 Å². The van der Waals surface area contributed by atoms with Crippen LogP contribution in [0.25, 0.3) is 0 Å². The fraction of sp³-hybridized carbons (Fsp3) is 0.421. The lowest BCUT2D eigenvalue weighted by Crippen LogP contribution is -2.04. The zero-order valence-electron chi connectivity index (χ0n) is 14.5. The van der Waals surface area contributed by atoms with Gasteiger partial charge in [0.25, 0.3) is 0 Å².